The summed E-state index contributed by atoms with van der Waals surface area (Å²) in [6.07, 6.45) is 2.25. The van der Waals surface area contributed by atoms with Gasteiger partial charge in [-0.3, -0.25) is 9.69 Å². The lowest BCUT2D eigenvalue weighted by Gasteiger charge is -2.24. The Hall–Kier alpha value is -2.15. The summed E-state index contributed by atoms with van der Waals surface area (Å²) in [5, 5.41) is 3.09. The molecular formula is C20H29FN4O2. The highest BCUT2D eigenvalue weighted by Crippen LogP contribution is 2.13. The Bertz CT molecular complexity index is 652. The lowest BCUT2D eigenvalue weighted by molar-refractivity contribution is -0.129. The van der Waals surface area contributed by atoms with Crippen LogP contribution in [0.25, 0.3) is 0 Å². The minimum Gasteiger partial charge on any atom is -0.341 e. The third kappa shape index (κ3) is 5.42. The number of hydrogen-bond donors (Lipinski definition) is 1. The van der Waals surface area contributed by atoms with Gasteiger partial charge in [-0.1, -0.05) is 19.1 Å². The molecule has 0 aromatic heterocycles. The van der Waals surface area contributed by atoms with E-state index in [1.165, 1.54) is 12.1 Å². The molecule has 0 spiro atoms. The van der Waals surface area contributed by atoms with Gasteiger partial charge in [0, 0.05) is 58.3 Å². The van der Waals surface area contributed by atoms with Crippen molar-refractivity contribution in [2.45, 2.75) is 38.8 Å². The van der Waals surface area contributed by atoms with Crippen molar-refractivity contribution in [2.24, 2.45) is 0 Å². The zero-order valence-electron chi connectivity index (χ0n) is 16.0. The largest absolute Gasteiger partial charge is 0.341 e. The number of carbonyl (C=O) groups is 2. The van der Waals surface area contributed by atoms with Crippen molar-refractivity contribution in [3.8, 4) is 0 Å². The Labute approximate surface area is 160 Å². The van der Waals surface area contributed by atoms with Crippen molar-refractivity contribution in [3.05, 3.63) is 35.6 Å². The first-order valence-electron chi connectivity index (χ1n) is 9.85. The number of benzene rings is 1. The van der Waals surface area contributed by atoms with Crippen LogP contribution in [0.1, 0.15) is 31.7 Å². The maximum absolute atomic E-state index is 13.0. The number of hydrogen-bond acceptors (Lipinski definition) is 3. The highest BCUT2D eigenvalue weighted by molar-refractivity contribution is 5.77. The lowest BCUT2D eigenvalue weighted by atomic mass is 10.2. The third-order valence-corrected chi connectivity index (χ3v) is 5.37. The molecule has 0 radical (unpaired) electrons. The van der Waals surface area contributed by atoms with Crippen LogP contribution in [0.4, 0.5) is 9.18 Å². The van der Waals surface area contributed by atoms with E-state index in [2.05, 4.69) is 10.2 Å². The lowest BCUT2D eigenvalue weighted by Crippen LogP contribution is -2.47. The van der Waals surface area contributed by atoms with E-state index >= 15 is 0 Å². The molecule has 0 bridgehead atoms. The number of rotatable bonds is 4. The highest BCUT2D eigenvalue weighted by Gasteiger charge is 2.28. The zero-order chi connectivity index (χ0) is 19.2. The molecule has 7 heteroatoms. The van der Waals surface area contributed by atoms with E-state index in [9.17, 15) is 14.0 Å². The molecule has 2 saturated heterocycles. The van der Waals surface area contributed by atoms with Gasteiger partial charge in [-0.25, -0.2) is 9.18 Å². The Kier molecular flexibility index (Phi) is 6.66. The molecule has 3 amide bonds. The SMILES string of the molecule is CCC(=O)N1CCC(NC(=O)N2CCCN(Cc3ccc(F)cc3)CC2)C1. The van der Waals surface area contributed by atoms with Crippen LogP contribution >= 0.6 is 0 Å². The quantitative estimate of drug-likeness (QED) is 0.875. The molecule has 1 unspecified atom stereocenters. The van der Waals surface area contributed by atoms with Gasteiger partial charge in [-0.05, 0) is 30.5 Å². The van der Waals surface area contributed by atoms with Crippen molar-refractivity contribution in [2.75, 3.05) is 39.3 Å². The summed E-state index contributed by atoms with van der Waals surface area (Å²) in [6, 6.07) is 6.62. The third-order valence-electron chi connectivity index (χ3n) is 5.37. The summed E-state index contributed by atoms with van der Waals surface area (Å²) in [5.74, 6) is -0.0680. The monoisotopic (exact) mass is 376 g/mol. The molecule has 1 aromatic rings. The summed E-state index contributed by atoms with van der Waals surface area (Å²) in [5.41, 5.74) is 1.08. The number of nitrogens with zero attached hydrogens (tertiary/aromatic N) is 3. The summed E-state index contributed by atoms with van der Waals surface area (Å²) >= 11 is 0. The van der Waals surface area contributed by atoms with E-state index < -0.39 is 0 Å². The molecule has 2 fully saturated rings. The van der Waals surface area contributed by atoms with Crippen molar-refractivity contribution in [1.82, 2.24) is 20.0 Å². The van der Waals surface area contributed by atoms with Gasteiger partial charge in [0.1, 0.15) is 5.82 Å². The minimum absolute atomic E-state index is 0.0329. The smallest absolute Gasteiger partial charge is 0.317 e. The topological polar surface area (TPSA) is 55.9 Å². The fourth-order valence-electron chi connectivity index (χ4n) is 3.77. The normalized spacial score (nSPS) is 21.2. The molecule has 0 aliphatic carbocycles. The second-order valence-corrected chi connectivity index (χ2v) is 7.37. The number of carbonyl (C=O) groups excluding carboxylic acids is 2. The maximum atomic E-state index is 13.0. The van der Waals surface area contributed by atoms with Crippen LogP contribution in [-0.2, 0) is 11.3 Å². The van der Waals surface area contributed by atoms with E-state index in [0.29, 0.717) is 19.5 Å². The maximum Gasteiger partial charge on any atom is 0.317 e. The van der Waals surface area contributed by atoms with E-state index in [1.807, 2.05) is 28.9 Å². The molecule has 1 atom stereocenters. The van der Waals surface area contributed by atoms with Crippen LogP contribution in [0.5, 0.6) is 0 Å². The van der Waals surface area contributed by atoms with E-state index in [0.717, 1.165) is 51.1 Å². The molecule has 1 aromatic carbocycles. The Balaban J connectivity index is 1.45. The molecule has 2 heterocycles. The van der Waals surface area contributed by atoms with Crippen molar-refractivity contribution in [3.63, 3.8) is 0 Å². The fourth-order valence-corrected chi connectivity index (χ4v) is 3.77. The Morgan fingerprint density at radius 2 is 1.85 bits per heavy atom. The first-order chi connectivity index (χ1) is 13.0. The van der Waals surface area contributed by atoms with E-state index in [4.69, 9.17) is 0 Å². The van der Waals surface area contributed by atoms with Gasteiger partial charge in [0.25, 0.3) is 0 Å². The van der Waals surface area contributed by atoms with Gasteiger partial charge in [0.15, 0.2) is 0 Å². The van der Waals surface area contributed by atoms with Gasteiger partial charge in [0.2, 0.25) is 5.91 Å². The van der Waals surface area contributed by atoms with Crippen molar-refractivity contribution >= 4 is 11.9 Å². The zero-order valence-corrected chi connectivity index (χ0v) is 16.0. The van der Waals surface area contributed by atoms with Gasteiger partial charge in [-0.2, -0.15) is 0 Å². The van der Waals surface area contributed by atoms with Crippen LogP contribution < -0.4 is 5.32 Å². The van der Waals surface area contributed by atoms with Crippen LogP contribution in [-0.4, -0.2) is 71.9 Å². The number of nitrogens with one attached hydrogen (secondary N) is 1. The number of urea groups is 1. The van der Waals surface area contributed by atoms with Crippen LogP contribution in [0, 0.1) is 5.82 Å². The predicted molar refractivity (Wildman–Crippen MR) is 102 cm³/mol. The molecule has 6 nitrogen and oxygen atoms in total. The summed E-state index contributed by atoms with van der Waals surface area (Å²) < 4.78 is 13.0. The Morgan fingerprint density at radius 3 is 2.59 bits per heavy atom. The first-order valence-corrected chi connectivity index (χ1v) is 9.85. The van der Waals surface area contributed by atoms with Gasteiger partial charge in [-0.15, -0.1) is 0 Å². The van der Waals surface area contributed by atoms with Crippen LogP contribution in [0.15, 0.2) is 24.3 Å². The first kappa shape index (κ1) is 19.6. The highest BCUT2D eigenvalue weighted by atomic mass is 19.1. The molecule has 0 saturated carbocycles. The summed E-state index contributed by atoms with van der Waals surface area (Å²) in [4.78, 5) is 30.4. The predicted octanol–water partition coefficient (Wildman–Crippen LogP) is 2.05. The minimum atomic E-state index is -0.219. The molecule has 27 heavy (non-hydrogen) atoms. The molecule has 148 valence electrons. The fraction of sp³-hybridized carbons (Fsp3) is 0.600. The summed E-state index contributed by atoms with van der Waals surface area (Å²) in [7, 11) is 0. The van der Waals surface area contributed by atoms with Crippen LogP contribution in [0.2, 0.25) is 0 Å². The average molecular weight is 376 g/mol. The van der Waals surface area contributed by atoms with E-state index in [1.54, 1.807) is 0 Å². The summed E-state index contributed by atoms with van der Waals surface area (Å²) in [6.45, 7) is 7.11. The standard InChI is InChI=1S/C20H29FN4O2/c1-2-19(26)25-11-8-18(15-25)22-20(27)24-10-3-9-23(12-13-24)14-16-4-6-17(21)7-5-16/h4-7,18H,2-3,8-15H2,1H3,(H,22,27). The van der Waals surface area contributed by atoms with Gasteiger partial charge in [0.05, 0.1) is 0 Å². The van der Waals surface area contributed by atoms with Gasteiger partial charge < -0.3 is 15.1 Å². The second kappa shape index (κ2) is 9.17. The molecule has 1 N–H and O–H groups in total. The number of likely N-dealkylation sites (tertiary alicyclic amines) is 1. The Morgan fingerprint density at radius 1 is 1.07 bits per heavy atom. The molecule has 2 aliphatic heterocycles. The van der Waals surface area contributed by atoms with Crippen molar-refractivity contribution < 1.29 is 14.0 Å². The molecular weight excluding hydrogens is 347 g/mol. The molecule has 3 rings (SSSR count). The molecule has 2 aliphatic rings. The number of halogens is 1. The average Bonchev–Trinajstić information content (AvgIpc) is 3.00. The second-order valence-electron chi connectivity index (χ2n) is 7.37. The van der Waals surface area contributed by atoms with E-state index in [-0.39, 0.29) is 23.8 Å². The van der Waals surface area contributed by atoms with Crippen molar-refractivity contribution in [1.29, 1.82) is 0 Å². The van der Waals surface area contributed by atoms with Crippen LogP contribution in [0.3, 0.4) is 0 Å². The number of amides is 3. The van der Waals surface area contributed by atoms with Gasteiger partial charge >= 0.3 is 6.03 Å².